The maximum atomic E-state index is 12.8. The van der Waals surface area contributed by atoms with Crippen LogP contribution >= 0.6 is 27.5 Å². The van der Waals surface area contributed by atoms with Gasteiger partial charge in [0.05, 0.1) is 5.02 Å². The SMILES string of the molecule is N#Cc1c(F)cc(Br)cc1Cl. The number of nitriles is 1. The van der Waals surface area contributed by atoms with E-state index >= 15 is 0 Å². The number of nitrogens with zero attached hydrogens (tertiary/aromatic N) is 1. The van der Waals surface area contributed by atoms with Crippen LogP contribution < -0.4 is 0 Å². The average Bonchev–Trinajstić information content (AvgIpc) is 1.85. The Morgan fingerprint density at radius 1 is 1.55 bits per heavy atom. The van der Waals surface area contributed by atoms with E-state index in [2.05, 4.69) is 15.9 Å². The quantitative estimate of drug-likeness (QED) is 0.676. The molecule has 0 spiro atoms. The molecule has 0 aromatic heterocycles. The molecule has 1 rings (SSSR count). The van der Waals surface area contributed by atoms with Crippen molar-refractivity contribution in [1.29, 1.82) is 5.26 Å². The molecule has 0 atom stereocenters. The molecule has 0 aliphatic rings. The zero-order chi connectivity index (χ0) is 8.43. The van der Waals surface area contributed by atoms with E-state index in [1.165, 1.54) is 12.1 Å². The Morgan fingerprint density at radius 2 is 2.18 bits per heavy atom. The lowest BCUT2D eigenvalue weighted by Gasteiger charge is -1.96. The minimum atomic E-state index is -0.605. The molecule has 0 aliphatic heterocycles. The van der Waals surface area contributed by atoms with Crippen molar-refractivity contribution in [2.75, 3.05) is 0 Å². The van der Waals surface area contributed by atoms with Gasteiger partial charge < -0.3 is 0 Å². The van der Waals surface area contributed by atoms with Crippen LogP contribution in [0.2, 0.25) is 5.02 Å². The van der Waals surface area contributed by atoms with Gasteiger partial charge in [-0.05, 0) is 12.1 Å². The van der Waals surface area contributed by atoms with Crippen molar-refractivity contribution < 1.29 is 4.39 Å². The third-order valence-electron chi connectivity index (χ3n) is 1.12. The average molecular weight is 234 g/mol. The van der Waals surface area contributed by atoms with E-state index in [-0.39, 0.29) is 10.6 Å². The zero-order valence-electron chi connectivity index (χ0n) is 5.24. The summed E-state index contributed by atoms with van der Waals surface area (Å²) in [6, 6.07) is 4.34. The topological polar surface area (TPSA) is 23.8 Å². The fraction of sp³-hybridized carbons (Fsp3) is 0. The van der Waals surface area contributed by atoms with Gasteiger partial charge in [0.2, 0.25) is 0 Å². The molecular formula is C7H2BrClFN. The summed E-state index contributed by atoms with van der Waals surface area (Å²) in [5, 5.41) is 8.52. The lowest BCUT2D eigenvalue weighted by Crippen LogP contribution is -1.84. The Balaban J connectivity index is 3.40. The van der Waals surface area contributed by atoms with Gasteiger partial charge in [-0.15, -0.1) is 0 Å². The first-order valence-electron chi connectivity index (χ1n) is 2.70. The van der Waals surface area contributed by atoms with Gasteiger partial charge in [0.1, 0.15) is 17.4 Å². The Bertz CT molecular complexity index is 309. The summed E-state index contributed by atoms with van der Waals surface area (Å²) in [6.45, 7) is 0. The Morgan fingerprint density at radius 3 is 2.64 bits per heavy atom. The standard InChI is InChI=1S/C7H2BrClFN/c8-4-1-6(9)5(3-11)7(10)2-4/h1-2H. The molecule has 11 heavy (non-hydrogen) atoms. The molecule has 0 amide bonds. The van der Waals surface area contributed by atoms with Crippen molar-refractivity contribution in [3.63, 3.8) is 0 Å². The molecule has 1 aromatic carbocycles. The van der Waals surface area contributed by atoms with E-state index in [0.717, 1.165) is 0 Å². The molecular weight excluding hydrogens is 232 g/mol. The smallest absolute Gasteiger partial charge is 0.143 e. The van der Waals surface area contributed by atoms with Crippen LogP contribution in [0, 0.1) is 17.1 Å². The van der Waals surface area contributed by atoms with Crippen LogP contribution in [0.15, 0.2) is 16.6 Å². The largest absolute Gasteiger partial charge is 0.205 e. The third kappa shape index (κ3) is 1.70. The molecule has 0 N–H and O–H groups in total. The number of hydrogen-bond donors (Lipinski definition) is 0. The number of hydrogen-bond acceptors (Lipinski definition) is 1. The van der Waals surface area contributed by atoms with Gasteiger partial charge in [0.25, 0.3) is 0 Å². The van der Waals surface area contributed by atoms with Gasteiger partial charge in [-0.2, -0.15) is 5.26 Å². The maximum absolute atomic E-state index is 12.8. The second kappa shape index (κ2) is 3.21. The first-order chi connectivity index (χ1) is 5.15. The molecule has 1 nitrogen and oxygen atoms in total. The first kappa shape index (κ1) is 8.51. The molecule has 0 heterocycles. The van der Waals surface area contributed by atoms with Crippen LogP contribution in [0.5, 0.6) is 0 Å². The summed E-state index contributed by atoms with van der Waals surface area (Å²) in [7, 11) is 0. The molecule has 1 aromatic rings. The van der Waals surface area contributed by atoms with Crippen molar-refractivity contribution in [2.45, 2.75) is 0 Å². The molecule has 0 saturated heterocycles. The fourth-order valence-corrected chi connectivity index (χ4v) is 1.46. The molecule has 0 unspecified atom stereocenters. The van der Waals surface area contributed by atoms with Crippen molar-refractivity contribution in [2.24, 2.45) is 0 Å². The van der Waals surface area contributed by atoms with Crippen molar-refractivity contribution in [3.05, 3.63) is 33.0 Å². The highest BCUT2D eigenvalue weighted by Gasteiger charge is 2.06. The van der Waals surface area contributed by atoms with Crippen LogP contribution in [-0.4, -0.2) is 0 Å². The van der Waals surface area contributed by atoms with Gasteiger partial charge in [0, 0.05) is 4.47 Å². The van der Waals surface area contributed by atoms with E-state index in [0.29, 0.717) is 4.47 Å². The predicted octanol–water partition coefficient (Wildman–Crippen LogP) is 3.11. The molecule has 0 aliphatic carbocycles. The Kier molecular flexibility index (Phi) is 2.48. The minimum absolute atomic E-state index is 0.116. The fourth-order valence-electron chi connectivity index (χ4n) is 0.649. The summed E-state index contributed by atoms with van der Waals surface area (Å²) in [4.78, 5) is 0. The van der Waals surface area contributed by atoms with Crippen LogP contribution in [0.1, 0.15) is 5.56 Å². The third-order valence-corrected chi connectivity index (χ3v) is 1.87. The molecule has 56 valence electrons. The first-order valence-corrected chi connectivity index (χ1v) is 3.87. The molecule has 0 radical (unpaired) electrons. The van der Waals surface area contributed by atoms with Crippen molar-refractivity contribution in [1.82, 2.24) is 0 Å². The number of halogens is 3. The maximum Gasteiger partial charge on any atom is 0.143 e. The van der Waals surface area contributed by atoms with E-state index in [4.69, 9.17) is 16.9 Å². The van der Waals surface area contributed by atoms with Crippen LogP contribution in [0.3, 0.4) is 0 Å². The van der Waals surface area contributed by atoms with Crippen molar-refractivity contribution >= 4 is 27.5 Å². The second-order valence-electron chi connectivity index (χ2n) is 1.86. The normalized spacial score (nSPS) is 9.27. The molecule has 0 bridgehead atoms. The van der Waals surface area contributed by atoms with E-state index in [9.17, 15) is 4.39 Å². The van der Waals surface area contributed by atoms with Crippen LogP contribution in [-0.2, 0) is 0 Å². The second-order valence-corrected chi connectivity index (χ2v) is 3.18. The molecule has 4 heteroatoms. The summed E-state index contributed by atoms with van der Waals surface area (Å²) >= 11 is 8.58. The number of rotatable bonds is 0. The van der Waals surface area contributed by atoms with E-state index < -0.39 is 5.82 Å². The highest BCUT2D eigenvalue weighted by atomic mass is 79.9. The lowest BCUT2D eigenvalue weighted by molar-refractivity contribution is 0.623. The van der Waals surface area contributed by atoms with Gasteiger partial charge in [0.15, 0.2) is 0 Å². The summed E-state index contributed by atoms with van der Waals surface area (Å²) in [6.07, 6.45) is 0. The molecule has 0 saturated carbocycles. The monoisotopic (exact) mass is 233 g/mol. The van der Waals surface area contributed by atoms with Gasteiger partial charge in [-0.3, -0.25) is 0 Å². The predicted molar refractivity (Wildman–Crippen MR) is 43.8 cm³/mol. The summed E-state index contributed by atoms with van der Waals surface area (Å²) in [5.41, 5.74) is -0.116. The lowest BCUT2D eigenvalue weighted by atomic mass is 10.2. The summed E-state index contributed by atoms with van der Waals surface area (Å²) < 4.78 is 13.3. The van der Waals surface area contributed by atoms with Crippen LogP contribution in [0.25, 0.3) is 0 Å². The molecule has 0 fully saturated rings. The van der Waals surface area contributed by atoms with Gasteiger partial charge in [-0.1, -0.05) is 27.5 Å². The highest BCUT2D eigenvalue weighted by molar-refractivity contribution is 9.10. The zero-order valence-corrected chi connectivity index (χ0v) is 7.58. The summed E-state index contributed by atoms with van der Waals surface area (Å²) in [5.74, 6) is -0.605. The van der Waals surface area contributed by atoms with Crippen LogP contribution in [0.4, 0.5) is 4.39 Å². The van der Waals surface area contributed by atoms with Gasteiger partial charge >= 0.3 is 0 Å². The Hall–Kier alpha value is -0.590. The highest BCUT2D eigenvalue weighted by Crippen LogP contribution is 2.23. The van der Waals surface area contributed by atoms with Crippen molar-refractivity contribution in [3.8, 4) is 6.07 Å². The number of benzene rings is 1. The minimum Gasteiger partial charge on any atom is -0.205 e. The van der Waals surface area contributed by atoms with E-state index in [1.54, 1.807) is 6.07 Å². The Labute approximate surface area is 76.5 Å². The van der Waals surface area contributed by atoms with Gasteiger partial charge in [-0.25, -0.2) is 4.39 Å². The van der Waals surface area contributed by atoms with E-state index in [1.807, 2.05) is 0 Å².